The van der Waals surface area contributed by atoms with E-state index in [-0.39, 0.29) is 11.9 Å². The topological polar surface area (TPSA) is 46.3 Å². The molecule has 0 saturated heterocycles. The molecule has 114 valence electrons. The molecule has 0 radical (unpaired) electrons. The molecule has 1 amide bonds. The van der Waals surface area contributed by atoms with Gasteiger partial charge >= 0.3 is 0 Å². The van der Waals surface area contributed by atoms with Gasteiger partial charge in [-0.25, -0.2) is 0 Å². The summed E-state index contributed by atoms with van der Waals surface area (Å²) >= 11 is 0. The molecule has 1 aliphatic rings. The minimum Gasteiger partial charge on any atom is -0.320 e. The largest absolute Gasteiger partial charge is 0.320 e. The highest BCUT2D eigenvalue weighted by atomic mass is 16.2. The number of anilines is 1. The van der Waals surface area contributed by atoms with Gasteiger partial charge in [0.1, 0.15) is 0 Å². The number of nitrogens with zero attached hydrogens (tertiary/aromatic N) is 1. The van der Waals surface area contributed by atoms with Crippen molar-refractivity contribution in [3.63, 3.8) is 0 Å². The monoisotopic (exact) mass is 294 g/mol. The molecule has 1 unspecified atom stereocenters. The van der Waals surface area contributed by atoms with Gasteiger partial charge in [0.25, 0.3) is 0 Å². The van der Waals surface area contributed by atoms with Crippen molar-refractivity contribution in [2.24, 2.45) is 5.73 Å². The lowest BCUT2D eigenvalue weighted by Gasteiger charge is -2.21. The summed E-state index contributed by atoms with van der Waals surface area (Å²) in [6.45, 7) is 2.09. The lowest BCUT2D eigenvalue weighted by atomic mass is 9.93. The molecule has 3 heteroatoms. The van der Waals surface area contributed by atoms with Crippen LogP contribution < -0.4 is 10.6 Å². The van der Waals surface area contributed by atoms with Crippen LogP contribution in [-0.2, 0) is 11.2 Å². The zero-order valence-corrected chi connectivity index (χ0v) is 13.2. The summed E-state index contributed by atoms with van der Waals surface area (Å²) in [6.07, 6.45) is 2.45. The highest BCUT2D eigenvalue weighted by molar-refractivity contribution is 5.94. The Bertz CT molecular complexity index is 708. The standard InChI is InChI=1S/C19H22N2O/c1-13-6-3-4-8-16(13)19(20)15-10-11-17-14(12-15)7-5-9-18(22)21(17)2/h3-4,6,8,10-12,19H,5,7,9,20H2,1-2H3. The molecular weight excluding hydrogens is 272 g/mol. The molecular formula is C19H22N2O. The van der Waals surface area contributed by atoms with Crippen LogP contribution >= 0.6 is 0 Å². The first kappa shape index (κ1) is 14.8. The van der Waals surface area contributed by atoms with Crippen LogP contribution in [0.2, 0.25) is 0 Å². The Balaban J connectivity index is 1.99. The zero-order chi connectivity index (χ0) is 15.7. The van der Waals surface area contributed by atoms with E-state index in [0.717, 1.165) is 29.7 Å². The van der Waals surface area contributed by atoms with Gasteiger partial charge in [-0.05, 0) is 48.1 Å². The third-order valence-electron chi connectivity index (χ3n) is 4.56. The maximum Gasteiger partial charge on any atom is 0.226 e. The fourth-order valence-electron chi connectivity index (χ4n) is 3.17. The lowest BCUT2D eigenvalue weighted by molar-refractivity contribution is -0.118. The van der Waals surface area contributed by atoms with E-state index in [1.54, 1.807) is 4.90 Å². The van der Waals surface area contributed by atoms with E-state index in [9.17, 15) is 4.79 Å². The molecule has 2 aromatic carbocycles. The summed E-state index contributed by atoms with van der Waals surface area (Å²) in [5.41, 5.74) is 12.2. The summed E-state index contributed by atoms with van der Waals surface area (Å²) in [5.74, 6) is 0.190. The van der Waals surface area contributed by atoms with Gasteiger partial charge in [0.05, 0.1) is 6.04 Å². The Morgan fingerprint density at radius 2 is 1.91 bits per heavy atom. The van der Waals surface area contributed by atoms with E-state index in [4.69, 9.17) is 5.73 Å². The van der Waals surface area contributed by atoms with Gasteiger partial charge in [0, 0.05) is 19.2 Å². The first-order chi connectivity index (χ1) is 10.6. The van der Waals surface area contributed by atoms with Gasteiger partial charge in [-0.1, -0.05) is 36.4 Å². The number of amides is 1. The molecule has 1 atom stereocenters. The van der Waals surface area contributed by atoms with E-state index < -0.39 is 0 Å². The highest BCUT2D eigenvalue weighted by Crippen LogP contribution is 2.30. The summed E-state index contributed by atoms with van der Waals surface area (Å²) in [5, 5.41) is 0. The average Bonchev–Trinajstić information content (AvgIpc) is 2.66. The van der Waals surface area contributed by atoms with E-state index in [1.165, 1.54) is 11.1 Å². The van der Waals surface area contributed by atoms with Crippen LogP contribution in [0.25, 0.3) is 0 Å². The Kier molecular flexibility index (Phi) is 3.99. The fourth-order valence-corrected chi connectivity index (χ4v) is 3.17. The Hall–Kier alpha value is -2.13. The van der Waals surface area contributed by atoms with Crippen LogP contribution in [0.15, 0.2) is 42.5 Å². The molecule has 3 nitrogen and oxygen atoms in total. The van der Waals surface area contributed by atoms with E-state index in [2.05, 4.69) is 25.1 Å². The zero-order valence-electron chi connectivity index (χ0n) is 13.2. The van der Waals surface area contributed by atoms with Crippen molar-refractivity contribution in [1.82, 2.24) is 0 Å². The second kappa shape index (κ2) is 5.93. The lowest BCUT2D eigenvalue weighted by Crippen LogP contribution is -2.25. The minimum atomic E-state index is -0.129. The molecule has 2 N–H and O–H groups in total. The number of hydrogen-bond donors (Lipinski definition) is 1. The molecule has 0 aliphatic carbocycles. The van der Waals surface area contributed by atoms with E-state index in [0.29, 0.717) is 6.42 Å². The molecule has 1 aliphatic heterocycles. The van der Waals surface area contributed by atoms with Gasteiger partial charge in [0.15, 0.2) is 0 Å². The number of rotatable bonds is 2. The number of aryl methyl sites for hydroxylation is 2. The predicted octanol–water partition coefficient (Wildman–Crippen LogP) is 3.34. The van der Waals surface area contributed by atoms with E-state index in [1.807, 2.05) is 31.3 Å². The van der Waals surface area contributed by atoms with Crippen molar-refractivity contribution < 1.29 is 4.79 Å². The smallest absolute Gasteiger partial charge is 0.226 e. The molecule has 0 spiro atoms. The average molecular weight is 294 g/mol. The normalized spacial score (nSPS) is 16.1. The Labute approximate surface area is 131 Å². The summed E-state index contributed by atoms with van der Waals surface area (Å²) in [6, 6.07) is 14.3. The van der Waals surface area contributed by atoms with Crippen LogP contribution in [0.1, 0.15) is 41.1 Å². The van der Waals surface area contributed by atoms with Crippen molar-refractivity contribution in [2.45, 2.75) is 32.2 Å². The van der Waals surface area contributed by atoms with Crippen molar-refractivity contribution in [2.75, 3.05) is 11.9 Å². The van der Waals surface area contributed by atoms with Crippen LogP contribution in [0.3, 0.4) is 0 Å². The second-order valence-corrected chi connectivity index (χ2v) is 6.03. The quantitative estimate of drug-likeness (QED) is 0.923. The maximum atomic E-state index is 12.0. The fraction of sp³-hybridized carbons (Fsp3) is 0.316. The van der Waals surface area contributed by atoms with Crippen LogP contribution in [0, 0.1) is 6.92 Å². The number of fused-ring (bicyclic) bond motifs is 1. The number of nitrogens with two attached hydrogens (primary N) is 1. The maximum absolute atomic E-state index is 12.0. The van der Waals surface area contributed by atoms with Crippen molar-refractivity contribution in [3.8, 4) is 0 Å². The first-order valence-corrected chi connectivity index (χ1v) is 7.78. The Morgan fingerprint density at radius 1 is 1.14 bits per heavy atom. The summed E-state index contributed by atoms with van der Waals surface area (Å²) < 4.78 is 0. The number of hydrogen-bond acceptors (Lipinski definition) is 2. The molecule has 22 heavy (non-hydrogen) atoms. The van der Waals surface area contributed by atoms with E-state index >= 15 is 0 Å². The number of carbonyl (C=O) groups excluding carboxylic acids is 1. The van der Waals surface area contributed by atoms with Gasteiger partial charge in [-0.3, -0.25) is 4.79 Å². The molecule has 2 aromatic rings. The number of benzene rings is 2. The summed E-state index contributed by atoms with van der Waals surface area (Å²) in [4.78, 5) is 13.7. The van der Waals surface area contributed by atoms with Gasteiger partial charge < -0.3 is 10.6 Å². The van der Waals surface area contributed by atoms with Crippen LogP contribution in [0.5, 0.6) is 0 Å². The molecule has 3 rings (SSSR count). The van der Waals surface area contributed by atoms with Crippen molar-refractivity contribution in [1.29, 1.82) is 0 Å². The third kappa shape index (κ3) is 2.64. The van der Waals surface area contributed by atoms with Crippen LogP contribution in [0.4, 0.5) is 5.69 Å². The van der Waals surface area contributed by atoms with Gasteiger partial charge in [0.2, 0.25) is 5.91 Å². The third-order valence-corrected chi connectivity index (χ3v) is 4.56. The summed E-state index contributed by atoms with van der Waals surface area (Å²) in [7, 11) is 1.85. The van der Waals surface area contributed by atoms with Gasteiger partial charge in [-0.2, -0.15) is 0 Å². The molecule has 1 heterocycles. The van der Waals surface area contributed by atoms with Gasteiger partial charge in [-0.15, -0.1) is 0 Å². The van der Waals surface area contributed by atoms with Crippen molar-refractivity contribution in [3.05, 3.63) is 64.7 Å². The minimum absolute atomic E-state index is 0.129. The molecule has 0 aromatic heterocycles. The van der Waals surface area contributed by atoms with Crippen LogP contribution in [-0.4, -0.2) is 13.0 Å². The number of carbonyl (C=O) groups is 1. The molecule has 0 saturated carbocycles. The molecule has 0 bridgehead atoms. The Morgan fingerprint density at radius 3 is 2.68 bits per heavy atom. The first-order valence-electron chi connectivity index (χ1n) is 7.78. The molecule has 0 fully saturated rings. The van der Waals surface area contributed by atoms with Crippen molar-refractivity contribution >= 4 is 11.6 Å². The predicted molar refractivity (Wildman–Crippen MR) is 90.0 cm³/mol. The SMILES string of the molecule is Cc1ccccc1C(N)c1ccc2c(c1)CCCC(=O)N2C. The highest BCUT2D eigenvalue weighted by Gasteiger charge is 2.20. The second-order valence-electron chi connectivity index (χ2n) is 6.03.